The molecule has 0 aliphatic heterocycles. The maximum atomic E-state index is 12.2. The van der Waals surface area contributed by atoms with E-state index in [0.29, 0.717) is 17.7 Å². The first-order valence-electron chi connectivity index (χ1n) is 6.23. The summed E-state index contributed by atoms with van der Waals surface area (Å²) in [4.78, 5) is 28.2. The second-order valence-corrected chi connectivity index (χ2v) is 4.71. The molecule has 0 aliphatic carbocycles. The quantitative estimate of drug-likeness (QED) is 0.768. The van der Waals surface area contributed by atoms with Crippen molar-refractivity contribution in [3.05, 3.63) is 38.8 Å². The molecule has 2 aromatic heterocycles. The molecule has 0 unspecified atom stereocenters. The highest BCUT2D eigenvalue weighted by molar-refractivity contribution is 5.70. The molecule has 19 heavy (non-hydrogen) atoms. The first-order chi connectivity index (χ1) is 8.97. The fourth-order valence-corrected chi connectivity index (χ4v) is 2.20. The van der Waals surface area contributed by atoms with E-state index in [1.54, 1.807) is 17.9 Å². The van der Waals surface area contributed by atoms with Crippen molar-refractivity contribution in [2.45, 2.75) is 26.8 Å². The van der Waals surface area contributed by atoms with E-state index in [0.717, 1.165) is 16.6 Å². The lowest BCUT2D eigenvalue weighted by atomic mass is 10.2. The van der Waals surface area contributed by atoms with Gasteiger partial charge in [-0.3, -0.25) is 13.9 Å². The number of aromatic nitrogens is 4. The predicted molar refractivity (Wildman–Crippen MR) is 74.3 cm³/mol. The molecule has 2 aromatic rings. The Morgan fingerprint density at radius 1 is 1.32 bits per heavy atom. The van der Waals surface area contributed by atoms with Crippen molar-refractivity contribution in [3.63, 3.8) is 0 Å². The minimum atomic E-state index is -0.358. The summed E-state index contributed by atoms with van der Waals surface area (Å²) in [6, 6.07) is 0. The first-order valence-corrected chi connectivity index (χ1v) is 6.23. The van der Waals surface area contributed by atoms with Crippen LogP contribution in [0.3, 0.4) is 0 Å². The molecule has 0 aliphatic rings. The normalized spacial score (nSPS) is 12.3. The van der Waals surface area contributed by atoms with Gasteiger partial charge in [-0.1, -0.05) is 18.6 Å². The van der Waals surface area contributed by atoms with Crippen LogP contribution < -0.4 is 11.2 Å². The number of allylic oxidation sites excluding steroid dienone is 2. The van der Waals surface area contributed by atoms with Crippen molar-refractivity contribution < 1.29 is 0 Å². The third-order valence-electron chi connectivity index (χ3n) is 3.19. The average molecular weight is 262 g/mol. The molecule has 0 radical (unpaired) electrons. The highest BCUT2D eigenvalue weighted by Crippen LogP contribution is 2.08. The van der Waals surface area contributed by atoms with Crippen LogP contribution in [0.4, 0.5) is 0 Å². The zero-order valence-electron chi connectivity index (χ0n) is 11.7. The van der Waals surface area contributed by atoms with Gasteiger partial charge in [0.05, 0.1) is 6.33 Å². The predicted octanol–water partition coefficient (Wildman–Crippen LogP) is 0.790. The highest BCUT2D eigenvalue weighted by atomic mass is 16.2. The molecule has 0 amide bonds. The van der Waals surface area contributed by atoms with Crippen molar-refractivity contribution in [3.8, 4) is 0 Å². The van der Waals surface area contributed by atoms with Crippen LogP contribution in [-0.4, -0.2) is 18.7 Å². The van der Waals surface area contributed by atoms with Crippen molar-refractivity contribution in [1.29, 1.82) is 0 Å². The number of aryl methyl sites for hydroxylation is 1. The molecule has 6 heteroatoms. The summed E-state index contributed by atoms with van der Waals surface area (Å²) in [5.74, 6) is 0. The Morgan fingerprint density at radius 2 is 2.00 bits per heavy atom. The van der Waals surface area contributed by atoms with Gasteiger partial charge >= 0.3 is 5.69 Å². The lowest BCUT2D eigenvalue weighted by molar-refractivity contribution is 0.701. The fraction of sp³-hybridized carbons (Fsp3) is 0.462. The Labute approximate surface area is 110 Å². The zero-order chi connectivity index (χ0) is 14.2. The number of rotatable bonds is 3. The van der Waals surface area contributed by atoms with Gasteiger partial charge < -0.3 is 4.57 Å². The van der Waals surface area contributed by atoms with Crippen LogP contribution in [-0.2, 0) is 20.6 Å². The van der Waals surface area contributed by atoms with Gasteiger partial charge in [0.15, 0.2) is 11.2 Å². The van der Waals surface area contributed by atoms with Gasteiger partial charge in [0, 0.05) is 20.6 Å². The second kappa shape index (κ2) is 4.87. The number of hydrogen-bond donors (Lipinski definition) is 0. The third-order valence-corrected chi connectivity index (χ3v) is 3.19. The SMILES string of the molecule is CCC=C(C)Cn1cnc2c1c(=O)n(C)c(=O)n2C. The van der Waals surface area contributed by atoms with Gasteiger partial charge in [-0.25, -0.2) is 9.78 Å². The molecule has 0 aromatic carbocycles. The lowest BCUT2D eigenvalue weighted by Crippen LogP contribution is -2.37. The average Bonchev–Trinajstić information content (AvgIpc) is 2.78. The Bertz CT molecular complexity index is 761. The van der Waals surface area contributed by atoms with Crippen LogP contribution in [0.2, 0.25) is 0 Å². The summed E-state index contributed by atoms with van der Waals surface area (Å²) in [5, 5.41) is 0. The monoisotopic (exact) mass is 262 g/mol. The summed E-state index contributed by atoms with van der Waals surface area (Å²) in [6.07, 6.45) is 4.67. The van der Waals surface area contributed by atoms with E-state index < -0.39 is 0 Å². The highest BCUT2D eigenvalue weighted by Gasteiger charge is 2.13. The smallest absolute Gasteiger partial charge is 0.321 e. The van der Waals surface area contributed by atoms with Gasteiger partial charge in [0.1, 0.15) is 0 Å². The molecule has 0 saturated heterocycles. The minimum absolute atomic E-state index is 0.306. The van der Waals surface area contributed by atoms with Crippen molar-refractivity contribution >= 4 is 11.2 Å². The van der Waals surface area contributed by atoms with Crippen LogP contribution in [0.5, 0.6) is 0 Å². The van der Waals surface area contributed by atoms with Crippen molar-refractivity contribution in [2.75, 3.05) is 0 Å². The molecule has 0 atom stereocenters. The van der Waals surface area contributed by atoms with E-state index in [1.807, 2.05) is 6.92 Å². The second-order valence-electron chi connectivity index (χ2n) is 4.71. The maximum Gasteiger partial charge on any atom is 0.332 e. The Hall–Kier alpha value is -2.11. The first kappa shape index (κ1) is 13.3. The van der Waals surface area contributed by atoms with Crippen molar-refractivity contribution in [2.24, 2.45) is 14.1 Å². The van der Waals surface area contributed by atoms with Crippen LogP contribution in [0.1, 0.15) is 20.3 Å². The Balaban J connectivity index is 2.70. The summed E-state index contributed by atoms with van der Waals surface area (Å²) >= 11 is 0. The van der Waals surface area contributed by atoms with E-state index in [2.05, 4.69) is 18.0 Å². The van der Waals surface area contributed by atoms with Gasteiger partial charge in [-0.2, -0.15) is 0 Å². The van der Waals surface area contributed by atoms with Gasteiger partial charge in [-0.05, 0) is 13.3 Å². The van der Waals surface area contributed by atoms with E-state index in [1.165, 1.54) is 11.6 Å². The number of imidazole rings is 1. The maximum absolute atomic E-state index is 12.2. The molecule has 0 spiro atoms. The third kappa shape index (κ3) is 2.14. The molecular weight excluding hydrogens is 244 g/mol. The molecule has 2 heterocycles. The Kier molecular flexibility index (Phi) is 3.42. The van der Waals surface area contributed by atoms with Crippen LogP contribution in [0.15, 0.2) is 27.6 Å². The topological polar surface area (TPSA) is 61.8 Å². The van der Waals surface area contributed by atoms with Crippen LogP contribution in [0, 0.1) is 0 Å². The summed E-state index contributed by atoms with van der Waals surface area (Å²) < 4.78 is 4.30. The zero-order valence-corrected chi connectivity index (χ0v) is 11.7. The minimum Gasteiger partial charge on any atom is -0.321 e. The van der Waals surface area contributed by atoms with Crippen LogP contribution in [0.25, 0.3) is 11.2 Å². The van der Waals surface area contributed by atoms with Crippen molar-refractivity contribution in [1.82, 2.24) is 18.7 Å². The lowest BCUT2D eigenvalue weighted by Gasteiger charge is -2.06. The molecule has 0 N–H and O–H groups in total. The largest absolute Gasteiger partial charge is 0.332 e. The number of hydrogen-bond acceptors (Lipinski definition) is 3. The van der Waals surface area contributed by atoms with E-state index in [-0.39, 0.29) is 11.2 Å². The molecule has 0 saturated carbocycles. The van der Waals surface area contributed by atoms with Gasteiger partial charge in [0.2, 0.25) is 0 Å². The van der Waals surface area contributed by atoms with Crippen LogP contribution >= 0.6 is 0 Å². The number of nitrogens with zero attached hydrogens (tertiary/aromatic N) is 4. The van der Waals surface area contributed by atoms with E-state index >= 15 is 0 Å². The molecule has 2 rings (SSSR count). The standard InChI is InChI=1S/C13H18N4O2/c1-5-6-9(2)7-17-8-14-11-10(17)12(18)16(4)13(19)15(11)3/h6,8H,5,7H2,1-4H3. The summed E-state index contributed by atoms with van der Waals surface area (Å²) in [6.45, 7) is 4.69. The fourth-order valence-electron chi connectivity index (χ4n) is 2.20. The van der Waals surface area contributed by atoms with E-state index in [9.17, 15) is 9.59 Å². The van der Waals surface area contributed by atoms with Gasteiger partial charge in [-0.15, -0.1) is 0 Å². The molecular formula is C13H18N4O2. The molecule has 102 valence electrons. The molecule has 0 fully saturated rings. The Morgan fingerprint density at radius 3 is 2.63 bits per heavy atom. The molecule has 0 bridgehead atoms. The molecule has 6 nitrogen and oxygen atoms in total. The number of fused-ring (bicyclic) bond motifs is 1. The summed E-state index contributed by atoms with van der Waals surface area (Å²) in [7, 11) is 3.10. The summed E-state index contributed by atoms with van der Waals surface area (Å²) in [5.41, 5.74) is 1.40. The van der Waals surface area contributed by atoms with Gasteiger partial charge in [0.25, 0.3) is 5.56 Å². The van der Waals surface area contributed by atoms with E-state index in [4.69, 9.17) is 0 Å².